The lowest BCUT2D eigenvalue weighted by molar-refractivity contribution is -0.0529. The molecular weight excluding hydrogens is 318 g/mol. The summed E-state index contributed by atoms with van der Waals surface area (Å²) in [6.07, 6.45) is 0.357. The standard InChI is InChI=1S/C11H14BrN3O4/c1-2-5-3-15(11(18)14-9(5)13)10-8(17)7(12)6(4-16)19-10/h2-3,6-8,10,16-17H,1,4H2,(H2,13,14,18)/t6-,7+,8-,10-/m1/s1. The molecule has 0 spiro atoms. The number of aromatic nitrogens is 2. The fourth-order valence-corrected chi connectivity index (χ4v) is 2.47. The summed E-state index contributed by atoms with van der Waals surface area (Å²) in [5.74, 6) is 0.0674. The molecule has 1 saturated heterocycles. The van der Waals surface area contributed by atoms with Crippen molar-refractivity contribution in [2.45, 2.75) is 23.3 Å². The fraction of sp³-hybridized carbons (Fsp3) is 0.455. The third kappa shape index (κ3) is 2.44. The third-order valence-corrected chi connectivity index (χ3v) is 4.10. The number of anilines is 1. The van der Waals surface area contributed by atoms with E-state index in [2.05, 4.69) is 27.5 Å². The van der Waals surface area contributed by atoms with E-state index < -0.39 is 29.0 Å². The van der Waals surface area contributed by atoms with Crippen LogP contribution in [-0.4, -0.2) is 43.4 Å². The van der Waals surface area contributed by atoms with E-state index in [0.29, 0.717) is 5.56 Å². The molecule has 104 valence electrons. The molecule has 2 rings (SSSR count). The summed E-state index contributed by atoms with van der Waals surface area (Å²) < 4.78 is 6.58. The molecule has 8 heteroatoms. The second-order valence-corrected chi connectivity index (χ2v) is 5.22. The summed E-state index contributed by atoms with van der Waals surface area (Å²) in [5.41, 5.74) is 5.40. The van der Waals surface area contributed by atoms with Gasteiger partial charge in [0.05, 0.1) is 17.5 Å². The Hall–Kier alpha value is -1.22. The lowest BCUT2D eigenvalue weighted by Crippen LogP contribution is -2.34. The molecule has 0 aliphatic carbocycles. The van der Waals surface area contributed by atoms with Crippen LogP contribution in [0.25, 0.3) is 6.08 Å². The minimum Gasteiger partial charge on any atom is -0.394 e. The quantitative estimate of drug-likeness (QED) is 0.643. The van der Waals surface area contributed by atoms with E-state index >= 15 is 0 Å². The van der Waals surface area contributed by atoms with Gasteiger partial charge in [0.1, 0.15) is 11.9 Å². The summed E-state index contributed by atoms with van der Waals surface area (Å²) in [5, 5.41) is 19.2. The summed E-state index contributed by atoms with van der Waals surface area (Å²) in [6, 6.07) is 0. The summed E-state index contributed by atoms with van der Waals surface area (Å²) in [7, 11) is 0. The van der Waals surface area contributed by atoms with Gasteiger partial charge in [-0.2, -0.15) is 4.98 Å². The molecule has 1 fully saturated rings. The summed E-state index contributed by atoms with van der Waals surface area (Å²) >= 11 is 3.23. The van der Waals surface area contributed by atoms with Crippen molar-refractivity contribution in [3.8, 4) is 0 Å². The van der Waals surface area contributed by atoms with Gasteiger partial charge in [0, 0.05) is 11.8 Å². The Kier molecular flexibility index (Phi) is 4.04. The predicted octanol–water partition coefficient (Wildman–Crippen LogP) is -0.517. The number of ether oxygens (including phenoxy) is 1. The highest BCUT2D eigenvalue weighted by Gasteiger charge is 2.43. The van der Waals surface area contributed by atoms with Crippen molar-refractivity contribution in [3.63, 3.8) is 0 Å². The van der Waals surface area contributed by atoms with E-state index in [4.69, 9.17) is 15.6 Å². The van der Waals surface area contributed by atoms with Crippen LogP contribution in [0.1, 0.15) is 11.8 Å². The molecule has 0 saturated carbocycles. The van der Waals surface area contributed by atoms with Crippen LogP contribution in [0.3, 0.4) is 0 Å². The van der Waals surface area contributed by atoms with Crippen molar-refractivity contribution in [2.24, 2.45) is 0 Å². The molecule has 7 nitrogen and oxygen atoms in total. The second-order valence-electron chi connectivity index (χ2n) is 4.16. The Labute approximate surface area is 117 Å². The van der Waals surface area contributed by atoms with Crippen LogP contribution >= 0.6 is 15.9 Å². The molecule has 1 aromatic rings. The number of alkyl halides is 1. The van der Waals surface area contributed by atoms with E-state index in [1.807, 2.05) is 0 Å². The minimum absolute atomic E-state index is 0.0674. The van der Waals surface area contributed by atoms with Crippen molar-refractivity contribution in [1.29, 1.82) is 0 Å². The Morgan fingerprint density at radius 3 is 2.89 bits per heavy atom. The van der Waals surface area contributed by atoms with Gasteiger partial charge in [-0.25, -0.2) is 4.79 Å². The van der Waals surface area contributed by atoms with Gasteiger partial charge in [-0.05, 0) is 0 Å². The fourth-order valence-electron chi connectivity index (χ4n) is 1.92. The molecule has 1 aliphatic rings. The van der Waals surface area contributed by atoms with Crippen LogP contribution in [0.15, 0.2) is 17.6 Å². The van der Waals surface area contributed by atoms with Crippen molar-refractivity contribution in [1.82, 2.24) is 9.55 Å². The summed E-state index contributed by atoms with van der Waals surface area (Å²) in [6.45, 7) is 3.30. The molecule has 0 aromatic carbocycles. The highest BCUT2D eigenvalue weighted by Crippen LogP contribution is 2.33. The number of nitrogens with zero attached hydrogens (tertiary/aromatic N) is 2. The Morgan fingerprint density at radius 1 is 1.68 bits per heavy atom. The van der Waals surface area contributed by atoms with Crippen LogP contribution in [0.4, 0.5) is 5.82 Å². The highest BCUT2D eigenvalue weighted by atomic mass is 79.9. The Bertz CT molecular complexity index is 547. The van der Waals surface area contributed by atoms with Crippen LogP contribution in [0.2, 0.25) is 0 Å². The van der Waals surface area contributed by atoms with E-state index in [1.54, 1.807) is 0 Å². The van der Waals surface area contributed by atoms with Crippen LogP contribution in [0.5, 0.6) is 0 Å². The van der Waals surface area contributed by atoms with Gasteiger partial charge in [-0.1, -0.05) is 28.6 Å². The Morgan fingerprint density at radius 2 is 2.37 bits per heavy atom. The number of hydrogen-bond donors (Lipinski definition) is 3. The average Bonchev–Trinajstić information content (AvgIpc) is 2.67. The number of rotatable bonds is 3. The summed E-state index contributed by atoms with van der Waals surface area (Å²) in [4.78, 5) is 15.0. The van der Waals surface area contributed by atoms with Crippen LogP contribution in [-0.2, 0) is 4.74 Å². The SMILES string of the molecule is C=Cc1cn([C@@H]2O[C@H](CO)[C@H](Br)[C@H]2O)c(=O)nc1N. The van der Waals surface area contributed by atoms with Gasteiger partial charge < -0.3 is 20.7 Å². The smallest absolute Gasteiger partial charge is 0.351 e. The molecular formula is C11H14BrN3O4. The topological polar surface area (TPSA) is 111 Å². The van der Waals surface area contributed by atoms with Crippen LogP contribution < -0.4 is 11.4 Å². The number of halogens is 1. The minimum atomic E-state index is -0.988. The number of nitrogens with two attached hydrogens (primary N) is 1. The zero-order valence-corrected chi connectivity index (χ0v) is 11.5. The number of nitrogen functional groups attached to an aromatic ring is 1. The highest BCUT2D eigenvalue weighted by molar-refractivity contribution is 9.09. The van der Waals surface area contributed by atoms with E-state index in [9.17, 15) is 9.90 Å². The molecule has 0 unspecified atom stereocenters. The maximum atomic E-state index is 11.8. The third-order valence-electron chi connectivity index (χ3n) is 2.97. The number of hydrogen-bond acceptors (Lipinski definition) is 6. The van der Waals surface area contributed by atoms with Gasteiger partial charge in [-0.3, -0.25) is 4.57 Å². The van der Waals surface area contributed by atoms with E-state index in [1.165, 1.54) is 12.3 Å². The molecule has 0 radical (unpaired) electrons. The first-order valence-electron chi connectivity index (χ1n) is 5.59. The lowest BCUT2D eigenvalue weighted by atomic mass is 10.2. The van der Waals surface area contributed by atoms with Crippen molar-refractivity contribution in [2.75, 3.05) is 12.3 Å². The van der Waals surface area contributed by atoms with Crippen molar-refractivity contribution in [3.05, 3.63) is 28.8 Å². The number of aliphatic hydroxyl groups is 2. The molecule has 2 heterocycles. The maximum Gasteiger partial charge on any atom is 0.351 e. The average molecular weight is 332 g/mol. The van der Waals surface area contributed by atoms with Gasteiger partial charge >= 0.3 is 5.69 Å². The van der Waals surface area contributed by atoms with Gasteiger partial charge in [0.15, 0.2) is 6.23 Å². The van der Waals surface area contributed by atoms with Crippen molar-refractivity contribution < 1.29 is 14.9 Å². The van der Waals surface area contributed by atoms with E-state index in [-0.39, 0.29) is 12.4 Å². The van der Waals surface area contributed by atoms with E-state index in [0.717, 1.165) is 4.57 Å². The zero-order valence-electron chi connectivity index (χ0n) is 9.94. The molecule has 0 bridgehead atoms. The predicted molar refractivity (Wildman–Crippen MR) is 72.7 cm³/mol. The molecule has 0 amide bonds. The van der Waals surface area contributed by atoms with Gasteiger partial charge in [0.25, 0.3) is 0 Å². The Balaban J connectivity index is 2.43. The first-order valence-corrected chi connectivity index (χ1v) is 6.50. The van der Waals surface area contributed by atoms with Gasteiger partial charge in [-0.15, -0.1) is 0 Å². The molecule has 1 aromatic heterocycles. The molecule has 1 aliphatic heterocycles. The van der Waals surface area contributed by atoms with Gasteiger partial charge in [0.2, 0.25) is 0 Å². The zero-order chi connectivity index (χ0) is 14.2. The normalized spacial score (nSPS) is 30.5. The maximum absolute atomic E-state index is 11.8. The second kappa shape index (κ2) is 5.41. The van der Waals surface area contributed by atoms with Crippen LogP contribution in [0, 0.1) is 0 Å². The molecule has 19 heavy (non-hydrogen) atoms. The molecule has 4 atom stereocenters. The molecule has 4 N–H and O–H groups in total. The largest absolute Gasteiger partial charge is 0.394 e. The first kappa shape index (κ1) is 14.2. The van der Waals surface area contributed by atoms with Crippen molar-refractivity contribution >= 4 is 27.8 Å². The monoisotopic (exact) mass is 331 g/mol. The number of aliphatic hydroxyl groups excluding tert-OH is 2. The lowest BCUT2D eigenvalue weighted by Gasteiger charge is -2.18. The first-order chi connectivity index (χ1) is 8.99.